The van der Waals surface area contributed by atoms with E-state index in [0.717, 1.165) is 0 Å². The lowest BCUT2D eigenvalue weighted by Crippen LogP contribution is -2.24. The Kier molecular flexibility index (Phi) is 2.81. The topological polar surface area (TPSA) is 15.8 Å². The van der Waals surface area contributed by atoms with E-state index in [4.69, 9.17) is 0 Å². The molecule has 17 heavy (non-hydrogen) atoms. The number of H-pyrrole nitrogens is 1. The minimum absolute atomic E-state index is 0.206. The highest BCUT2D eigenvalue weighted by Gasteiger charge is 2.29. The molecule has 0 bridgehead atoms. The van der Waals surface area contributed by atoms with E-state index in [2.05, 4.69) is 70.1 Å². The molecule has 1 aromatic heterocycles. The van der Waals surface area contributed by atoms with E-state index in [1.165, 1.54) is 22.9 Å². The molecule has 0 fully saturated rings. The minimum Gasteiger partial charge on any atom is -0.361 e. The van der Waals surface area contributed by atoms with Gasteiger partial charge < -0.3 is 4.98 Å². The number of aromatic nitrogens is 1. The van der Waals surface area contributed by atoms with E-state index in [0.29, 0.717) is 5.41 Å². The van der Waals surface area contributed by atoms with Crippen molar-refractivity contribution in [2.75, 3.05) is 0 Å². The third-order valence-corrected chi connectivity index (χ3v) is 3.29. The fourth-order valence-electron chi connectivity index (χ4n) is 3.05. The maximum atomic E-state index is 3.38. The molecule has 0 aliphatic carbocycles. The molecule has 92 valence electrons. The summed E-state index contributed by atoms with van der Waals surface area (Å²) in [6, 6.07) is 8.56. The molecule has 0 amide bonds. The number of benzene rings is 1. The fraction of sp³-hybridized carbons (Fsp3) is 0.500. The molecular weight excluding hydrogens is 206 g/mol. The van der Waals surface area contributed by atoms with Crippen LogP contribution >= 0.6 is 0 Å². The van der Waals surface area contributed by atoms with Gasteiger partial charge in [-0.3, -0.25) is 0 Å². The maximum Gasteiger partial charge on any atom is 0.0457 e. The van der Waals surface area contributed by atoms with Gasteiger partial charge in [-0.25, -0.2) is 0 Å². The quantitative estimate of drug-likeness (QED) is 0.755. The number of nitrogens with one attached hydrogen (secondary N) is 1. The maximum absolute atomic E-state index is 3.38. The summed E-state index contributed by atoms with van der Waals surface area (Å²) in [6.45, 7) is 11.6. The molecule has 1 aromatic carbocycles. The monoisotopic (exact) mass is 229 g/mol. The summed E-state index contributed by atoms with van der Waals surface area (Å²) >= 11 is 0. The van der Waals surface area contributed by atoms with Crippen LogP contribution in [-0.4, -0.2) is 4.98 Å². The van der Waals surface area contributed by atoms with Crippen molar-refractivity contribution < 1.29 is 0 Å². The van der Waals surface area contributed by atoms with Crippen molar-refractivity contribution in [2.24, 2.45) is 5.41 Å². The van der Waals surface area contributed by atoms with Gasteiger partial charge >= 0.3 is 0 Å². The molecule has 0 saturated heterocycles. The molecule has 0 aliphatic rings. The first-order valence-corrected chi connectivity index (χ1v) is 6.36. The van der Waals surface area contributed by atoms with Gasteiger partial charge in [-0.1, -0.05) is 52.8 Å². The summed E-state index contributed by atoms with van der Waals surface area (Å²) in [5.41, 5.74) is 3.23. The van der Waals surface area contributed by atoms with E-state index in [1.807, 2.05) is 0 Å². The lowest BCUT2D eigenvalue weighted by atomic mass is 9.72. The van der Waals surface area contributed by atoms with Crippen molar-refractivity contribution in [3.8, 4) is 0 Å². The van der Waals surface area contributed by atoms with Crippen LogP contribution in [0.3, 0.4) is 0 Å². The van der Waals surface area contributed by atoms with Gasteiger partial charge in [0.15, 0.2) is 0 Å². The second-order valence-corrected chi connectivity index (χ2v) is 6.87. The van der Waals surface area contributed by atoms with Crippen LogP contribution < -0.4 is 0 Å². The Balaban J connectivity index is 2.45. The van der Waals surface area contributed by atoms with E-state index >= 15 is 0 Å². The predicted molar refractivity (Wildman–Crippen MR) is 75.4 cm³/mol. The molecule has 0 aliphatic heterocycles. The van der Waals surface area contributed by atoms with E-state index in [9.17, 15) is 0 Å². The van der Waals surface area contributed by atoms with Crippen LogP contribution in [-0.2, 0) is 5.41 Å². The Bertz CT molecular complexity index is 512. The standard InChI is InChI=1S/C16H23N/c1-15(2,3)11-16(4,5)13-10-17-14-9-7-6-8-12(13)14/h6-10,17H,11H2,1-5H3. The average molecular weight is 229 g/mol. The Labute approximate surface area is 104 Å². The van der Waals surface area contributed by atoms with Gasteiger partial charge in [0.05, 0.1) is 0 Å². The summed E-state index contributed by atoms with van der Waals surface area (Å²) in [7, 11) is 0. The predicted octanol–water partition coefficient (Wildman–Crippen LogP) is 4.88. The first-order chi connectivity index (χ1) is 7.80. The number of fused-ring (bicyclic) bond motifs is 1. The smallest absolute Gasteiger partial charge is 0.0457 e. The number of hydrogen-bond acceptors (Lipinski definition) is 0. The van der Waals surface area contributed by atoms with Gasteiger partial charge in [-0.15, -0.1) is 0 Å². The third-order valence-electron chi connectivity index (χ3n) is 3.29. The summed E-state index contributed by atoms with van der Waals surface area (Å²) < 4.78 is 0. The zero-order valence-corrected chi connectivity index (χ0v) is 11.6. The average Bonchev–Trinajstić information content (AvgIpc) is 2.57. The molecule has 1 N–H and O–H groups in total. The van der Waals surface area contributed by atoms with Crippen LogP contribution in [0.4, 0.5) is 0 Å². The van der Waals surface area contributed by atoms with Gasteiger partial charge in [0.1, 0.15) is 0 Å². The second kappa shape index (κ2) is 3.90. The molecule has 0 spiro atoms. The van der Waals surface area contributed by atoms with Gasteiger partial charge in [-0.2, -0.15) is 0 Å². The molecule has 1 heterocycles. The molecular formula is C16H23N. The van der Waals surface area contributed by atoms with E-state index in [-0.39, 0.29) is 5.41 Å². The molecule has 0 unspecified atom stereocenters. The molecule has 2 rings (SSSR count). The van der Waals surface area contributed by atoms with E-state index in [1.54, 1.807) is 0 Å². The number of aromatic amines is 1. The number of para-hydroxylation sites is 1. The Morgan fingerprint density at radius 1 is 1.00 bits per heavy atom. The minimum atomic E-state index is 0.206. The van der Waals surface area contributed by atoms with Crippen molar-refractivity contribution in [1.29, 1.82) is 0 Å². The van der Waals surface area contributed by atoms with Gasteiger partial charge in [0, 0.05) is 17.1 Å². The SMILES string of the molecule is CC(C)(C)CC(C)(C)c1c[nH]c2ccccc12. The number of rotatable bonds is 2. The lowest BCUT2D eigenvalue weighted by molar-refractivity contribution is 0.285. The number of hydrogen-bond donors (Lipinski definition) is 1. The summed E-state index contributed by atoms with van der Waals surface area (Å²) in [6.07, 6.45) is 3.36. The molecule has 0 atom stereocenters. The Morgan fingerprint density at radius 3 is 2.29 bits per heavy atom. The molecule has 1 heteroatoms. The van der Waals surface area contributed by atoms with Crippen LogP contribution in [0.2, 0.25) is 0 Å². The lowest BCUT2D eigenvalue weighted by Gasteiger charge is -2.32. The first kappa shape index (κ1) is 12.2. The van der Waals surface area contributed by atoms with E-state index < -0.39 is 0 Å². The van der Waals surface area contributed by atoms with Gasteiger partial charge in [-0.05, 0) is 28.9 Å². The van der Waals surface area contributed by atoms with Crippen molar-refractivity contribution >= 4 is 10.9 Å². The van der Waals surface area contributed by atoms with Crippen LogP contribution in [0.25, 0.3) is 10.9 Å². The summed E-state index contributed by atoms with van der Waals surface area (Å²) in [5.74, 6) is 0. The third kappa shape index (κ3) is 2.54. The van der Waals surface area contributed by atoms with Crippen LogP contribution in [0, 0.1) is 5.41 Å². The highest BCUT2D eigenvalue weighted by molar-refractivity contribution is 5.84. The Morgan fingerprint density at radius 2 is 1.65 bits per heavy atom. The van der Waals surface area contributed by atoms with Crippen LogP contribution in [0.5, 0.6) is 0 Å². The van der Waals surface area contributed by atoms with Gasteiger partial charge in [0.25, 0.3) is 0 Å². The normalized spacial score (nSPS) is 13.2. The molecule has 0 saturated carbocycles. The second-order valence-electron chi connectivity index (χ2n) is 6.87. The largest absolute Gasteiger partial charge is 0.361 e. The van der Waals surface area contributed by atoms with Crippen molar-refractivity contribution in [3.05, 3.63) is 36.0 Å². The fourth-order valence-corrected chi connectivity index (χ4v) is 3.05. The van der Waals surface area contributed by atoms with Crippen LogP contribution in [0.15, 0.2) is 30.5 Å². The molecule has 1 nitrogen and oxygen atoms in total. The molecule has 0 radical (unpaired) electrons. The van der Waals surface area contributed by atoms with Crippen LogP contribution in [0.1, 0.15) is 46.6 Å². The Hall–Kier alpha value is -1.24. The highest BCUT2D eigenvalue weighted by atomic mass is 14.7. The summed E-state index contributed by atoms with van der Waals surface area (Å²) in [4.78, 5) is 3.38. The van der Waals surface area contributed by atoms with Crippen molar-refractivity contribution in [1.82, 2.24) is 4.98 Å². The zero-order chi connectivity index (χ0) is 12.7. The van der Waals surface area contributed by atoms with Crippen molar-refractivity contribution in [2.45, 2.75) is 46.5 Å². The highest BCUT2D eigenvalue weighted by Crippen LogP contribution is 2.39. The van der Waals surface area contributed by atoms with Crippen molar-refractivity contribution in [3.63, 3.8) is 0 Å². The molecule has 2 aromatic rings. The first-order valence-electron chi connectivity index (χ1n) is 6.36. The van der Waals surface area contributed by atoms with Gasteiger partial charge in [0.2, 0.25) is 0 Å². The zero-order valence-electron chi connectivity index (χ0n) is 11.6. The summed E-state index contributed by atoms with van der Waals surface area (Å²) in [5, 5.41) is 1.36.